The number of thiazole rings is 1. The number of nitrogens with zero attached hydrogens (tertiary/aromatic N) is 3. The third-order valence-corrected chi connectivity index (χ3v) is 9.04. The topological polar surface area (TPSA) is 132 Å². The van der Waals surface area contributed by atoms with Crippen LogP contribution in [0, 0.1) is 18.8 Å². The molecule has 0 radical (unpaired) electrons. The molecule has 37 heavy (non-hydrogen) atoms. The average Bonchev–Trinajstić information content (AvgIpc) is 3.67. The Morgan fingerprint density at radius 1 is 1.27 bits per heavy atom. The van der Waals surface area contributed by atoms with E-state index in [0.717, 1.165) is 46.6 Å². The van der Waals surface area contributed by atoms with Crippen LogP contribution in [0.4, 0.5) is 5.69 Å². The number of likely N-dealkylation sites (tertiary alicyclic amines) is 1. The largest absolute Gasteiger partial charge is 0.384 e. The first-order valence-corrected chi connectivity index (χ1v) is 13.7. The summed E-state index contributed by atoms with van der Waals surface area (Å²) in [5, 5.41) is 18.3. The number of nitrogens with one attached hydrogen (secondary N) is 3. The summed E-state index contributed by atoms with van der Waals surface area (Å²) in [6.45, 7) is 6.03. The molecule has 0 spiro atoms. The van der Waals surface area contributed by atoms with Gasteiger partial charge in [0.05, 0.1) is 29.6 Å². The lowest BCUT2D eigenvalue weighted by Crippen LogP contribution is -2.37. The maximum Gasteiger partial charge on any atom is 0.263 e. The van der Waals surface area contributed by atoms with Gasteiger partial charge in [-0.3, -0.25) is 9.59 Å². The summed E-state index contributed by atoms with van der Waals surface area (Å²) in [6.07, 6.45) is 5.49. The van der Waals surface area contributed by atoms with E-state index in [0.29, 0.717) is 48.7 Å². The fourth-order valence-corrected chi connectivity index (χ4v) is 7.00. The van der Waals surface area contributed by atoms with Gasteiger partial charge in [0.15, 0.2) is 0 Å². The third kappa shape index (κ3) is 4.60. The highest BCUT2D eigenvalue weighted by molar-refractivity contribution is 7.17. The molecular weight excluding hydrogens is 492 g/mol. The zero-order valence-corrected chi connectivity index (χ0v) is 21.8. The smallest absolute Gasteiger partial charge is 0.263 e. The van der Waals surface area contributed by atoms with E-state index in [-0.39, 0.29) is 23.9 Å². The molecule has 1 aliphatic carbocycles. The quantitative estimate of drug-likeness (QED) is 0.390. The van der Waals surface area contributed by atoms with Gasteiger partial charge in [-0.25, -0.2) is 9.97 Å². The molecule has 6 rings (SSSR count). The van der Waals surface area contributed by atoms with E-state index in [1.54, 1.807) is 4.90 Å². The van der Waals surface area contributed by atoms with Gasteiger partial charge in [-0.15, -0.1) is 11.3 Å². The van der Waals surface area contributed by atoms with Crippen LogP contribution < -0.4 is 10.6 Å². The molecule has 0 bridgehead atoms. The highest BCUT2D eigenvalue weighted by Gasteiger charge is 2.43. The monoisotopic (exact) mass is 524 g/mol. The second kappa shape index (κ2) is 9.70. The van der Waals surface area contributed by atoms with Crippen molar-refractivity contribution in [3.05, 3.63) is 29.0 Å². The lowest BCUT2D eigenvalue weighted by atomic mass is 10.0. The van der Waals surface area contributed by atoms with Gasteiger partial charge in [0.25, 0.3) is 11.8 Å². The number of hydrogen-bond acceptors (Lipinski definition) is 8. The van der Waals surface area contributed by atoms with Gasteiger partial charge < -0.3 is 30.4 Å². The van der Waals surface area contributed by atoms with Crippen molar-refractivity contribution in [2.24, 2.45) is 11.8 Å². The molecule has 2 aliphatic heterocycles. The number of aromatic nitrogens is 3. The number of aromatic amines is 1. The van der Waals surface area contributed by atoms with E-state index < -0.39 is 6.10 Å². The predicted octanol–water partition coefficient (Wildman–Crippen LogP) is 2.54. The van der Waals surface area contributed by atoms with Gasteiger partial charge in [0, 0.05) is 43.5 Å². The molecule has 5 atom stereocenters. The van der Waals surface area contributed by atoms with Crippen molar-refractivity contribution >= 4 is 39.9 Å². The molecule has 1 saturated carbocycles. The summed E-state index contributed by atoms with van der Waals surface area (Å²) in [5.74, 6) is 0.555. The van der Waals surface area contributed by atoms with E-state index in [1.165, 1.54) is 18.3 Å². The van der Waals surface area contributed by atoms with Gasteiger partial charge in [-0.2, -0.15) is 0 Å². The standard InChI is InChI=1S/C26H32N6O4S/c1-13-22(24(34)31-17-4-6-36-12-17)37-25(29-13)20-9-28-23-19(3-5-27-23)21(20)30-18-7-15-10-32(11-16(15)8-18)26(35)14(2)33/h3,5,9,14-18,33H,4,6-8,10-12H2,1-2H3,(H,31,34)(H2,27,28,30)/t14-,15-,16+,17?,18?/m0/s1. The fourth-order valence-electron chi connectivity index (χ4n) is 6.01. The number of carbonyl (C=O) groups excluding carboxylic acids is 2. The first kappa shape index (κ1) is 24.3. The number of aliphatic hydroxyl groups is 1. The van der Waals surface area contributed by atoms with Gasteiger partial charge in [0.1, 0.15) is 21.6 Å². The van der Waals surface area contributed by atoms with E-state index in [9.17, 15) is 14.7 Å². The highest BCUT2D eigenvalue weighted by atomic mass is 32.1. The number of aliphatic hydroxyl groups excluding tert-OH is 1. The first-order chi connectivity index (χ1) is 17.9. The lowest BCUT2D eigenvalue weighted by molar-refractivity contribution is -0.138. The Balaban J connectivity index is 1.23. The molecular formula is C26H32N6O4S. The molecule has 5 heterocycles. The molecule has 2 unspecified atom stereocenters. The number of amides is 2. The highest BCUT2D eigenvalue weighted by Crippen LogP contribution is 2.42. The molecule has 2 amide bonds. The van der Waals surface area contributed by atoms with Crippen LogP contribution >= 0.6 is 11.3 Å². The summed E-state index contributed by atoms with van der Waals surface area (Å²) in [7, 11) is 0. The van der Waals surface area contributed by atoms with Crippen molar-refractivity contribution in [1.82, 2.24) is 25.2 Å². The number of fused-ring (bicyclic) bond motifs is 2. The van der Waals surface area contributed by atoms with Crippen molar-refractivity contribution in [2.75, 3.05) is 31.6 Å². The number of H-pyrrole nitrogens is 1. The van der Waals surface area contributed by atoms with Gasteiger partial charge in [-0.1, -0.05) is 0 Å². The van der Waals surface area contributed by atoms with E-state index in [2.05, 4.69) is 20.6 Å². The molecule has 2 saturated heterocycles. The summed E-state index contributed by atoms with van der Waals surface area (Å²) in [6, 6.07) is 2.31. The Labute approximate surface area is 218 Å². The number of aryl methyl sites for hydroxylation is 1. The molecule has 4 N–H and O–H groups in total. The fraction of sp³-hybridized carbons (Fsp3) is 0.538. The van der Waals surface area contributed by atoms with Crippen LogP contribution in [0.2, 0.25) is 0 Å². The van der Waals surface area contributed by atoms with E-state index in [4.69, 9.17) is 9.72 Å². The third-order valence-electron chi connectivity index (χ3n) is 7.85. The second-order valence-corrected chi connectivity index (χ2v) is 11.5. The van der Waals surface area contributed by atoms with Crippen LogP contribution in [0.25, 0.3) is 21.6 Å². The Kier molecular flexibility index (Phi) is 6.37. The Morgan fingerprint density at radius 3 is 2.76 bits per heavy atom. The molecule has 3 aliphatic rings. The number of pyridine rings is 1. The molecule has 3 fully saturated rings. The second-order valence-electron chi connectivity index (χ2n) is 10.5. The number of anilines is 1. The molecule has 11 heteroatoms. The minimum Gasteiger partial charge on any atom is -0.384 e. The van der Waals surface area contributed by atoms with Gasteiger partial charge in [-0.05, 0) is 51.0 Å². The van der Waals surface area contributed by atoms with Crippen molar-refractivity contribution in [3.63, 3.8) is 0 Å². The molecule has 10 nitrogen and oxygen atoms in total. The van der Waals surface area contributed by atoms with E-state index in [1.807, 2.05) is 25.4 Å². The average molecular weight is 525 g/mol. The lowest BCUT2D eigenvalue weighted by Gasteiger charge is -2.22. The Hall–Kier alpha value is -3.02. The number of ether oxygens (including phenoxy) is 1. The molecule has 0 aromatic carbocycles. The maximum absolute atomic E-state index is 13.0. The predicted molar refractivity (Wildman–Crippen MR) is 141 cm³/mol. The number of carbonyl (C=O) groups is 2. The van der Waals surface area contributed by atoms with Gasteiger partial charge in [0.2, 0.25) is 0 Å². The molecule has 196 valence electrons. The van der Waals surface area contributed by atoms with Crippen LogP contribution in [0.3, 0.4) is 0 Å². The van der Waals surface area contributed by atoms with Gasteiger partial charge >= 0.3 is 0 Å². The number of hydrogen-bond donors (Lipinski definition) is 4. The minimum absolute atomic E-state index is 0.0428. The molecule has 3 aromatic rings. The van der Waals surface area contributed by atoms with Crippen molar-refractivity contribution in [3.8, 4) is 10.6 Å². The Morgan fingerprint density at radius 2 is 2.05 bits per heavy atom. The summed E-state index contributed by atoms with van der Waals surface area (Å²) in [5.41, 5.74) is 3.35. The SMILES string of the molecule is Cc1nc(-c2cnc3[nH]ccc3c2NC2C[C@@H]3CN(C(=O)[C@H](C)O)C[C@@H]3C2)sc1C(=O)NC1CCOC1. The van der Waals surface area contributed by atoms with Crippen molar-refractivity contribution in [2.45, 2.75) is 51.3 Å². The van der Waals surface area contributed by atoms with Crippen LogP contribution in [-0.4, -0.2) is 81.3 Å². The maximum atomic E-state index is 13.0. The van der Waals surface area contributed by atoms with E-state index >= 15 is 0 Å². The van der Waals surface area contributed by atoms with Crippen LogP contribution in [0.15, 0.2) is 18.5 Å². The normalized spacial score (nSPS) is 26.0. The molecule has 3 aromatic heterocycles. The van der Waals surface area contributed by atoms with Crippen molar-refractivity contribution < 1.29 is 19.4 Å². The first-order valence-electron chi connectivity index (χ1n) is 12.9. The van der Waals surface area contributed by atoms with Crippen LogP contribution in [-0.2, 0) is 9.53 Å². The zero-order chi connectivity index (χ0) is 25.7. The summed E-state index contributed by atoms with van der Waals surface area (Å²) in [4.78, 5) is 40.2. The number of rotatable bonds is 6. The van der Waals surface area contributed by atoms with Crippen LogP contribution in [0.1, 0.15) is 41.6 Å². The Bertz CT molecular complexity index is 1320. The van der Waals surface area contributed by atoms with Crippen LogP contribution in [0.5, 0.6) is 0 Å². The summed E-state index contributed by atoms with van der Waals surface area (Å²) >= 11 is 1.39. The minimum atomic E-state index is -0.950. The van der Waals surface area contributed by atoms with Crippen molar-refractivity contribution in [1.29, 1.82) is 0 Å². The zero-order valence-electron chi connectivity index (χ0n) is 21.0. The summed E-state index contributed by atoms with van der Waals surface area (Å²) < 4.78 is 5.39.